The van der Waals surface area contributed by atoms with E-state index in [1.165, 1.54) is 12.4 Å². The van der Waals surface area contributed by atoms with Crippen LogP contribution in [0, 0.1) is 5.92 Å². The van der Waals surface area contributed by atoms with E-state index in [1.807, 2.05) is 0 Å². The largest absolute Gasteiger partial charge is 0.312 e. The molecule has 3 heterocycles. The fourth-order valence-corrected chi connectivity index (χ4v) is 3.97. The van der Waals surface area contributed by atoms with Gasteiger partial charge < -0.3 is 5.32 Å². The first-order valence-corrected chi connectivity index (χ1v) is 6.84. The lowest BCUT2D eigenvalue weighted by Gasteiger charge is -2.15. The van der Waals surface area contributed by atoms with Gasteiger partial charge in [-0.15, -0.1) is 0 Å². The molecule has 1 aromatic heterocycles. The van der Waals surface area contributed by atoms with Crippen molar-refractivity contribution in [2.45, 2.75) is 17.4 Å². The van der Waals surface area contributed by atoms with Crippen LogP contribution in [0.2, 0.25) is 0 Å². The van der Waals surface area contributed by atoms with Gasteiger partial charge in [0.15, 0.2) is 0 Å². The van der Waals surface area contributed by atoms with Crippen molar-refractivity contribution >= 4 is 10.0 Å². The third-order valence-electron chi connectivity index (χ3n) is 3.44. The molecular weight excluding hydrogens is 228 g/mol. The number of aromatic amines is 1. The van der Waals surface area contributed by atoms with Gasteiger partial charge in [0.05, 0.1) is 6.20 Å². The fraction of sp³-hybridized carbons (Fsp3) is 0.667. The van der Waals surface area contributed by atoms with Gasteiger partial charge in [-0.2, -0.15) is 9.40 Å². The van der Waals surface area contributed by atoms with Crippen LogP contribution < -0.4 is 5.32 Å². The van der Waals surface area contributed by atoms with Crippen LogP contribution in [0.4, 0.5) is 0 Å². The highest BCUT2D eigenvalue weighted by molar-refractivity contribution is 7.89. The average Bonchev–Trinajstić information content (AvgIpc) is 2.94. The van der Waals surface area contributed by atoms with Crippen molar-refractivity contribution in [2.24, 2.45) is 5.92 Å². The van der Waals surface area contributed by atoms with Crippen LogP contribution in [0.25, 0.3) is 0 Å². The Morgan fingerprint density at radius 1 is 1.44 bits per heavy atom. The first kappa shape index (κ1) is 10.2. The lowest BCUT2D eigenvalue weighted by Crippen LogP contribution is -2.33. The molecule has 0 saturated carbocycles. The predicted molar refractivity (Wildman–Crippen MR) is 57.2 cm³/mol. The molecule has 3 rings (SSSR count). The molecule has 1 aromatic rings. The molecule has 0 bridgehead atoms. The maximum atomic E-state index is 12.2. The molecule has 0 radical (unpaired) electrons. The van der Waals surface area contributed by atoms with Crippen LogP contribution in [0.15, 0.2) is 17.3 Å². The van der Waals surface area contributed by atoms with E-state index in [2.05, 4.69) is 15.5 Å². The summed E-state index contributed by atoms with van der Waals surface area (Å²) >= 11 is 0. The van der Waals surface area contributed by atoms with Gasteiger partial charge >= 0.3 is 0 Å². The summed E-state index contributed by atoms with van der Waals surface area (Å²) in [6.45, 7) is 2.22. The van der Waals surface area contributed by atoms with Crippen molar-refractivity contribution in [2.75, 3.05) is 19.6 Å². The van der Waals surface area contributed by atoms with Crippen molar-refractivity contribution in [1.29, 1.82) is 0 Å². The highest BCUT2D eigenvalue weighted by Gasteiger charge is 2.41. The van der Waals surface area contributed by atoms with Crippen LogP contribution in [0.1, 0.15) is 6.42 Å². The van der Waals surface area contributed by atoms with E-state index in [-0.39, 0.29) is 4.90 Å². The third kappa shape index (κ3) is 1.47. The molecule has 88 valence electrons. The second kappa shape index (κ2) is 3.54. The van der Waals surface area contributed by atoms with E-state index < -0.39 is 10.0 Å². The second-order valence-corrected chi connectivity index (χ2v) is 6.30. The highest BCUT2D eigenvalue weighted by Crippen LogP contribution is 2.28. The number of nitrogens with zero attached hydrogens (tertiary/aromatic N) is 2. The number of aromatic nitrogens is 2. The van der Waals surface area contributed by atoms with Crippen LogP contribution in [0.5, 0.6) is 0 Å². The predicted octanol–water partition coefficient (Wildman–Crippen LogP) is -0.608. The smallest absolute Gasteiger partial charge is 0.246 e. The molecule has 2 fully saturated rings. The number of hydrogen-bond acceptors (Lipinski definition) is 4. The summed E-state index contributed by atoms with van der Waals surface area (Å²) in [5.74, 6) is 0.474. The lowest BCUT2D eigenvalue weighted by atomic mass is 10.1. The minimum Gasteiger partial charge on any atom is -0.312 e. The summed E-state index contributed by atoms with van der Waals surface area (Å²) in [6.07, 6.45) is 3.86. The van der Waals surface area contributed by atoms with Gasteiger partial charge in [0.25, 0.3) is 0 Å². The van der Waals surface area contributed by atoms with E-state index in [0.29, 0.717) is 25.0 Å². The summed E-state index contributed by atoms with van der Waals surface area (Å²) in [7, 11) is -3.34. The SMILES string of the molecule is O=S(=O)(c1cn[nH]c1)N1C[C@@H]2CCN[C@@H]2C1. The Bertz CT molecular complexity index is 458. The Morgan fingerprint density at radius 2 is 2.31 bits per heavy atom. The molecule has 2 saturated heterocycles. The Kier molecular flexibility index (Phi) is 2.27. The van der Waals surface area contributed by atoms with Crippen LogP contribution in [-0.2, 0) is 10.0 Å². The molecule has 2 N–H and O–H groups in total. The summed E-state index contributed by atoms with van der Waals surface area (Å²) in [5.41, 5.74) is 0. The van der Waals surface area contributed by atoms with Crippen LogP contribution >= 0.6 is 0 Å². The van der Waals surface area contributed by atoms with E-state index >= 15 is 0 Å². The van der Waals surface area contributed by atoms with Gasteiger partial charge in [-0.05, 0) is 18.9 Å². The number of hydrogen-bond donors (Lipinski definition) is 2. The summed E-state index contributed by atoms with van der Waals surface area (Å²) in [4.78, 5) is 0.257. The lowest BCUT2D eigenvalue weighted by molar-refractivity contribution is 0.448. The first-order chi connectivity index (χ1) is 7.68. The molecule has 0 amide bonds. The maximum absolute atomic E-state index is 12.2. The molecule has 6 nitrogen and oxygen atoms in total. The van der Waals surface area contributed by atoms with Gasteiger partial charge in [0.2, 0.25) is 10.0 Å². The molecule has 2 aliphatic rings. The van der Waals surface area contributed by atoms with Gasteiger partial charge in [-0.1, -0.05) is 0 Å². The molecule has 16 heavy (non-hydrogen) atoms. The van der Waals surface area contributed by atoms with Gasteiger partial charge in [-0.25, -0.2) is 8.42 Å². The molecule has 0 unspecified atom stereocenters. The highest BCUT2D eigenvalue weighted by atomic mass is 32.2. The molecule has 7 heteroatoms. The molecular formula is C9H14N4O2S. The summed E-state index contributed by atoms with van der Waals surface area (Å²) in [6, 6.07) is 0.335. The van der Waals surface area contributed by atoms with Crippen LogP contribution in [-0.4, -0.2) is 48.6 Å². The molecule has 0 aliphatic carbocycles. The Hall–Kier alpha value is -0.920. The summed E-state index contributed by atoms with van der Waals surface area (Å²) < 4.78 is 25.9. The zero-order chi connectivity index (χ0) is 11.2. The van der Waals surface area contributed by atoms with Crippen molar-refractivity contribution < 1.29 is 8.42 Å². The second-order valence-electron chi connectivity index (χ2n) is 4.37. The first-order valence-electron chi connectivity index (χ1n) is 5.40. The van der Waals surface area contributed by atoms with E-state index in [9.17, 15) is 8.42 Å². The minimum atomic E-state index is -3.34. The molecule has 2 atom stereocenters. The van der Waals surface area contributed by atoms with Gasteiger partial charge in [-0.3, -0.25) is 5.10 Å². The topological polar surface area (TPSA) is 78.1 Å². The van der Waals surface area contributed by atoms with E-state index in [0.717, 1.165) is 13.0 Å². The number of H-pyrrole nitrogens is 1. The molecule has 2 aliphatic heterocycles. The Morgan fingerprint density at radius 3 is 3.00 bits per heavy atom. The van der Waals surface area contributed by atoms with Crippen molar-refractivity contribution in [1.82, 2.24) is 19.8 Å². The zero-order valence-electron chi connectivity index (χ0n) is 8.76. The number of sulfonamides is 1. The van der Waals surface area contributed by atoms with Crippen molar-refractivity contribution in [3.63, 3.8) is 0 Å². The monoisotopic (exact) mass is 242 g/mol. The number of rotatable bonds is 2. The minimum absolute atomic E-state index is 0.257. The van der Waals surface area contributed by atoms with Crippen LogP contribution in [0.3, 0.4) is 0 Å². The van der Waals surface area contributed by atoms with Gasteiger partial charge in [0.1, 0.15) is 4.90 Å². The van der Waals surface area contributed by atoms with Crippen molar-refractivity contribution in [3.8, 4) is 0 Å². The summed E-state index contributed by atoms with van der Waals surface area (Å²) in [5, 5.41) is 9.56. The van der Waals surface area contributed by atoms with Gasteiger partial charge in [0, 0.05) is 25.3 Å². The van der Waals surface area contributed by atoms with Crippen molar-refractivity contribution in [3.05, 3.63) is 12.4 Å². The standard InChI is InChI=1S/C9H14N4O2S/c14-16(15,8-3-11-12-4-8)13-5-7-1-2-10-9(7)6-13/h3-4,7,9-10H,1-2,5-6H2,(H,11,12)/t7-,9+/m0/s1. The van der Waals surface area contributed by atoms with E-state index in [4.69, 9.17) is 0 Å². The zero-order valence-corrected chi connectivity index (χ0v) is 9.57. The average molecular weight is 242 g/mol. The maximum Gasteiger partial charge on any atom is 0.246 e. The molecule has 0 spiro atoms. The molecule has 0 aromatic carbocycles. The number of nitrogens with one attached hydrogen (secondary N) is 2. The Balaban J connectivity index is 1.85. The normalized spacial score (nSPS) is 30.8. The third-order valence-corrected chi connectivity index (χ3v) is 5.24. The fourth-order valence-electron chi connectivity index (χ4n) is 2.54. The van der Waals surface area contributed by atoms with E-state index in [1.54, 1.807) is 4.31 Å². The quantitative estimate of drug-likeness (QED) is 0.725. The Labute approximate surface area is 94.1 Å². The number of fused-ring (bicyclic) bond motifs is 1.